The van der Waals surface area contributed by atoms with Gasteiger partial charge in [0.15, 0.2) is 0 Å². The molecule has 36 heavy (non-hydrogen) atoms. The summed E-state index contributed by atoms with van der Waals surface area (Å²) >= 11 is 12.0. The average Bonchev–Trinajstić information content (AvgIpc) is 2.92. The fraction of sp³-hybridized carbons (Fsp3) is 0.483. The van der Waals surface area contributed by atoms with Gasteiger partial charge in [0.25, 0.3) is 0 Å². The van der Waals surface area contributed by atoms with Gasteiger partial charge in [-0.25, -0.2) is 0 Å². The van der Waals surface area contributed by atoms with Gasteiger partial charge in [0, 0.05) is 32.3 Å². The van der Waals surface area contributed by atoms with Crippen LogP contribution in [0.25, 0.3) is 6.08 Å². The van der Waals surface area contributed by atoms with Crippen molar-refractivity contribution in [3.8, 4) is 5.75 Å². The molecule has 0 spiro atoms. The molecule has 0 bridgehead atoms. The van der Waals surface area contributed by atoms with E-state index in [1.165, 1.54) is 5.56 Å². The highest BCUT2D eigenvalue weighted by molar-refractivity contribution is 6.42. The molecule has 0 saturated carbocycles. The van der Waals surface area contributed by atoms with Gasteiger partial charge in [-0.2, -0.15) is 0 Å². The zero-order valence-electron chi connectivity index (χ0n) is 20.9. The van der Waals surface area contributed by atoms with Crippen LogP contribution in [0.5, 0.6) is 5.75 Å². The highest BCUT2D eigenvalue weighted by atomic mass is 35.5. The molecule has 5 nitrogen and oxygen atoms in total. The van der Waals surface area contributed by atoms with Gasteiger partial charge in [-0.15, -0.1) is 0 Å². The Morgan fingerprint density at radius 2 is 1.72 bits per heavy atom. The van der Waals surface area contributed by atoms with E-state index in [0.717, 1.165) is 69.7 Å². The van der Waals surface area contributed by atoms with Crippen LogP contribution in [0.1, 0.15) is 42.7 Å². The second kappa shape index (κ2) is 13.0. The van der Waals surface area contributed by atoms with Gasteiger partial charge in [-0.3, -0.25) is 4.79 Å². The molecule has 2 aliphatic heterocycles. The van der Waals surface area contributed by atoms with E-state index in [4.69, 9.17) is 27.9 Å². The molecule has 1 N–H and O–H groups in total. The SMILES string of the molecule is COc1ccc(C2CCN(CC(CO)C3CCN(C(=O)/C=C/c4ccc(Cl)c(Cl)c4)CC3)CC2)cc1. The highest BCUT2D eigenvalue weighted by Crippen LogP contribution is 2.32. The van der Waals surface area contributed by atoms with E-state index < -0.39 is 0 Å². The van der Waals surface area contributed by atoms with E-state index in [-0.39, 0.29) is 18.4 Å². The van der Waals surface area contributed by atoms with E-state index in [0.29, 0.717) is 21.9 Å². The van der Waals surface area contributed by atoms with Gasteiger partial charge in [-0.05, 0) is 98.0 Å². The van der Waals surface area contributed by atoms with Crippen molar-refractivity contribution in [1.82, 2.24) is 9.80 Å². The fourth-order valence-corrected chi connectivity index (χ4v) is 5.80. The van der Waals surface area contributed by atoms with Crippen molar-refractivity contribution in [1.29, 1.82) is 0 Å². The Hall–Kier alpha value is -2.05. The number of rotatable bonds is 8. The zero-order valence-corrected chi connectivity index (χ0v) is 22.4. The Labute approximate surface area is 224 Å². The number of nitrogens with zero attached hydrogens (tertiary/aromatic N) is 2. The van der Waals surface area contributed by atoms with Crippen LogP contribution >= 0.6 is 23.2 Å². The maximum atomic E-state index is 12.7. The molecule has 2 aromatic carbocycles. The summed E-state index contributed by atoms with van der Waals surface area (Å²) in [7, 11) is 1.70. The Balaban J connectivity index is 1.22. The van der Waals surface area contributed by atoms with Gasteiger partial charge in [0.2, 0.25) is 5.91 Å². The van der Waals surface area contributed by atoms with Crippen LogP contribution < -0.4 is 4.74 Å². The third-order valence-corrected chi connectivity index (χ3v) is 8.52. The third-order valence-electron chi connectivity index (χ3n) is 7.78. The number of benzene rings is 2. The van der Waals surface area contributed by atoms with Gasteiger partial charge in [0.1, 0.15) is 5.75 Å². The summed E-state index contributed by atoms with van der Waals surface area (Å²) in [5, 5.41) is 11.1. The average molecular weight is 532 g/mol. The van der Waals surface area contributed by atoms with Crippen LogP contribution in [-0.4, -0.2) is 67.3 Å². The Kier molecular flexibility index (Phi) is 9.72. The number of likely N-dealkylation sites (tertiary alicyclic amines) is 2. The summed E-state index contributed by atoms with van der Waals surface area (Å²) in [6, 6.07) is 13.8. The van der Waals surface area contributed by atoms with Gasteiger partial charge >= 0.3 is 0 Å². The molecule has 0 aliphatic carbocycles. The van der Waals surface area contributed by atoms with E-state index in [9.17, 15) is 9.90 Å². The van der Waals surface area contributed by atoms with Crippen molar-refractivity contribution >= 4 is 35.2 Å². The van der Waals surface area contributed by atoms with Gasteiger partial charge in [-0.1, -0.05) is 41.4 Å². The number of hydrogen-bond acceptors (Lipinski definition) is 4. The number of amides is 1. The second-order valence-corrected chi connectivity index (χ2v) is 10.8. The van der Waals surface area contributed by atoms with E-state index >= 15 is 0 Å². The van der Waals surface area contributed by atoms with Crippen LogP contribution in [0.15, 0.2) is 48.5 Å². The summed E-state index contributed by atoms with van der Waals surface area (Å²) in [4.78, 5) is 17.1. The lowest BCUT2D eigenvalue weighted by Crippen LogP contribution is -2.44. The van der Waals surface area contributed by atoms with Crippen LogP contribution in [0.2, 0.25) is 10.0 Å². The summed E-state index contributed by atoms with van der Waals surface area (Å²) < 4.78 is 5.28. The third kappa shape index (κ3) is 7.04. The maximum Gasteiger partial charge on any atom is 0.246 e. The van der Waals surface area contributed by atoms with Crippen molar-refractivity contribution in [3.63, 3.8) is 0 Å². The molecular formula is C29H36Cl2N2O3. The molecule has 2 aromatic rings. The fourth-order valence-electron chi connectivity index (χ4n) is 5.49. The number of halogens is 2. The zero-order chi connectivity index (χ0) is 25.5. The lowest BCUT2D eigenvalue weighted by atomic mass is 9.83. The van der Waals surface area contributed by atoms with E-state index in [1.807, 2.05) is 23.1 Å². The Morgan fingerprint density at radius 1 is 1.03 bits per heavy atom. The number of hydrogen-bond donors (Lipinski definition) is 1. The smallest absolute Gasteiger partial charge is 0.246 e. The molecule has 1 atom stereocenters. The standard InChI is InChI=1S/C29H36Cl2N2O3/c1-36-26-6-4-22(5-7-26)23-10-14-32(15-11-23)19-25(20-34)24-12-16-33(17-13-24)29(35)9-3-21-2-8-27(30)28(31)18-21/h2-9,18,23-25,34H,10-17,19-20H2,1H3/b9-3+. The normalized spacial score (nSPS) is 19.1. The lowest BCUT2D eigenvalue weighted by Gasteiger charge is -2.39. The quantitative estimate of drug-likeness (QED) is 0.442. The van der Waals surface area contributed by atoms with Gasteiger partial charge in [0.05, 0.1) is 17.2 Å². The predicted molar refractivity (Wildman–Crippen MR) is 147 cm³/mol. The number of methoxy groups -OCH3 is 1. The minimum atomic E-state index is 0.0145. The van der Waals surface area contributed by atoms with Crippen LogP contribution in [-0.2, 0) is 4.79 Å². The van der Waals surface area contributed by atoms with Crippen molar-refractivity contribution < 1.29 is 14.6 Å². The monoisotopic (exact) mass is 530 g/mol. The van der Waals surface area contributed by atoms with Crippen LogP contribution in [0.3, 0.4) is 0 Å². The molecular weight excluding hydrogens is 495 g/mol. The molecule has 0 radical (unpaired) electrons. The Bertz CT molecular complexity index is 1030. The largest absolute Gasteiger partial charge is 0.497 e. The number of ether oxygens (including phenoxy) is 1. The van der Waals surface area contributed by atoms with Crippen molar-refractivity contribution in [2.24, 2.45) is 11.8 Å². The first-order chi connectivity index (χ1) is 17.5. The first-order valence-electron chi connectivity index (χ1n) is 12.9. The van der Waals surface area contributed by atoms with Gasteiger partial charge < -0.3 is 19.6 Å². The van der Waals surface area contributed by atoms with Crippen LogP contribution in [0.4, 0.5) is 0 Å². The minimum absolute atomic E-state index is 0.0145. The molecule has 194 valence electrons. The molecule has 0 aromatic heterocycles. The van der Waals surface area contributed by atoms with E-state index in [2.05, 4.69) is 17.0 Å². The number of aliphatic hydroxyl groups excluding tert-OH is 1. The van der Waals surface area contributed by atoms with Crippen molar-refractivity contribution in [3.05, 3.63) is 69.7 Å². The summed E-state index contributed by atoms with van der Waals surface area (Å²) in [5.74, 6) is 2.20. The first kappa shape index (κ1) is 27.0. The summed E-state index contributed by atoms with van der Waals surface area (Å²) in [6.07, 6.45) is 7.53. The first-order valence-corrected chi connectivity index (χ1v) is 13.6. The number of piperidine rings is 2. The van der Waals surface area contributed by atoms with Crippen LogP contribution in [0, 0.1) is 11.8 Å². The van der Waals surface area contributed by atoms with Crippen molar-refractivity contribution in [2.75, 3.05) is 46.4 Å². The molecule has 7 heteroatoms. The molecule has 1 unspecified atom stereocenters. The summed E-state index contributed by atoms with van der Waals surface area (Å²) in [6.45, 7) is 4.71. The molecule has 2 heterocycles. The molecule has 2 aliphatic rings. The predicted octanol–water partition coefficient (Wildman–Crippen LogP) is 5.74. The molecule has 2 fully saturated rings. The topological polar surface area (TPSA) is 53.0 Å². The highest BCUT2D eigenvalue weighted by Gasteiger charge is 2.30. The molecule has 4 rings (SSSR count). The van der Waals surface area contributed by atoms with Crippen molar-refractivity contribution in [2.45, 2.75) is 31.6 Å². The number of carbonyl (C=O) groups is 1. The van der Waals surface area contributed by atoms with E-state index in [1.54, 1.807) is 31.4 Å². The number of aliphatic hydroxyl groups is 1. The second-order valence-electron chi connectivity index (χ2n) is 9.96. The number of carbonyl (C=O) groups excluding carboxylic acids is 1. The molecule has 1 amide bonds. The maximum absolute atomic E-state index is 12.7. The molecule has 2 saturated heterocycles. The Morgan fingerprint density at radius 3 is 2.33 bits per heavy atom. The summed E-state index contributed by atoms with van der Waals surface area (Å²) in [5.41, 5.74) is 2.24. The lowest BCUT2D eigenvalue weighted by molar-refractivity contribution is -0.127. The minimum Gasteiger partial charge on any atom is -0.497 e.